The lowest BCUT2D eigenvalue weighted by molar-refractivity contribution is 0.212. The maximum Gasteiger partial charge on any atom is 0.00647 e. The highest BCUT2D eigenvalue weighted by molar-refractivity contribution is 5.09. The molecule has 0 amide bonds. The third-order valence-corrected chi connectivity index (χ3v) is 4.81. The van der Waals surface area contributed by atoms with Gasteiger partial charge in [-0.25, -0.2) is 0 Å². The van der Waals surface area contributed by atoms with Gasteiger partial charge >= 0.3 is 0 Å². The van der Waals surface area contributed by atoms with Gasteiger partial charge in [-0.15, -0.1) is 0 Å². The van der Waals surface area contributed by atoms with Gasteiger partial charge in [0.25, 0.3) is 0 Å². The van der Waals surface area contributed by atoms with Crippen LogP contribution in [0.1, 0.15) is 34.1 Å². The van der Waals surface area contributed by atoms with Crippen molar-refractivity contribution in [1.29, 1.82) is 0 Å². The summed E-state index contributed by atoms with van der Waals surface area (Å²) in [5.74, 6) is 0. The second-order valence-corrected chi connectivity index (χ2v) is 5.89. The number of nitrogens with one attached hydrogen (secondary N) is 1. The Morgan fingerprint density at radius 2 is 1.71 bits per heavy atom. The first-order chi connectivity index (χ1) is 6.51. The summed E-state index contributed by atoms with van der Waals surface area (Å²) in [6, 6.07) is 0.759. The third-order valence-electron chi connectivity index (χ3n) is 4.81. The molecule has 2 aliphatic rings. The second kappa shape index (κ2) is 3.21. The Morgan fingerprint density at radius 1 is 1.21 bits per heavy atom. The first-order valence-electron chi connectivity index (χ1n) is 5.95. The van der Waals surface area contributed by atoms with Gasteiger partial charge < -0.3 is 5.32 Å². The summed E-state index contributed by atoms with van der Waals surface area (Å²) in [7, 11) is 0. The van der Waals surface area contributed by atoms with E-state index in [1.807, 2.05) is 0 Å². The third kappa shape index (κ3) is 1.31. The molecule has 2 saturated heterocycles. The van der Waals surface area contributed by atoms with Gasteiger partial charge in [-0.05, 0) is 13.3 Å². The molecule has 2 heterocycles. The Labute approximate surface area is 88.1 Å². The van der Waals surface area contributed by atoms with Crippen molar-refractivity contribution < 1.29 is 0 Å². The molecule has 14 heavy (non-hydrogen) atoms. The van der Waals surface area contributed by atoms with Crippen LogP contribution >= 0.6 is 0 Å². The van der Waals surface area contributed by atoms with E-state index in [1.165, 1.54) is 32.6 Å². The molecule has 1 N–H and O–H groups in total. The zero-order chi connectivity index (χ0) is 10.4. The molecule has 2 rings (SSSR count). The lowest BCUT2D eigenvalue weighted by Crippen LogP contribution is -2.35. The summed E-state index contributed by atoms with van der Waals surface area (Å²) >= 11 is 0. The van der Waals surface area contributed by atoms with E-state index < -0.39 is 0 Å². The number of hydrogen-bond donors (Lipinski definition) is 1. The number of rotatable bonds is 2. The fourth-order valence-electron chi connectivity index (χ4n) is 3.06. The van der Waals surface area contributed by atoms with Crippen molar-refractivity contribution in [3.63, 3.8) is 0 Å². The topological polar surface area (TPSA) is 15.3 Å². The fourth-order valence-corrected chi connectivity index (χ4v) is 3.06. The molecule has 3 atom stereocenters. The van der Waals surface area contributed by atoms with Gasteiger partial charge in [0.15, 0.2) is 0 Å². The van der Waals surface area contributed by atoms with E-state index in [-0.39, 0.29) is 0 Å². The number of fused-ring (bicyclic) bond motifs is 1. The molecule has 0 aromatic carbocycles. The van der Waals surface area contributed by atoms with Crippen molar-refractivity contribution in [2.75, 3.05) is 26.2 Å². The highest BCUT2D eigenvalue weighted by atomic mass is 15.2. The molecule has 0 bridgehead atoms. The van der Waals surface area contributed by atoms with E-state index >= 15 is 0 Å². The van der Waals surface area contributed by atoms with Crippen LogP contribution in [-0.4, -0.2) is 37.1 Å². The standard InChI is InChI=1S/C12H24N2/c1-5-10(2)14-8-11(3)6-13-7-12(11,4)9-14/h10,13H,5-9H2,1-4H3/t10-,11-,12+/m0/s1. The lowest BCUT2D eigenvalue weighted by atomic mass is 9.71. The second-order valence-electron chi connectivity index (χ2n) is 5.89. The van der Waals surface area contributed by atoms with Gasteiger partial charge in [-0.3, -0.25) is 4.90 Å². The van der Waals surface area contributed by atoms with Crippen LogP contribution in [0.5, 0.6) is 0 Å². The normalized spacial score (nSPS) is 45.4. The molecule has 0 saturated carbocycles. The molecule has 2 heteroatoms. The van der Waals surface area contributed by atoms with Crippen LogP contribution in [0.15, 0.2) is 0 Å². The monoisotopic (exact) mass is 196 g/mol. The molecular weight excluding hydrogens is 172 g/mol. The quantitative estimate of drug-likeness (QED) is 0.723. The first-order valence-corrected chi connectivity index (χ1v) is 5.95. The van der Waals surface area contributed by atoms with Crippen molar-refractivity contribution >= 4 is 0 Å². The van der Waals surface area contributed by atoms with E-state index in [2.05, 4.69) is 37.9 Å². The minimum atomic E-state index is 0.510. The van der Waals surface area contributed by atoms with Gasteiger partial charge in [-0.2, -0.15) is 0 Å². The van der Waals surface area contributed by atoms with Gasteiger partial charge in [0.1, 0.15) is 0 Å². The zero-order valence-corrected chi connectivity index (χ0v) is 10.1. The van der Waals surface area contributed by atoms with Crippen molar-refractivity contribution in [3.8, 4) is 0 Å². The molecule has 0 aromatic rings. The predicted octanol–water partition coefficient (Wildman–Crippen LogP) is 1.72. The average Bonchev–Trinajstić information content (AvgIpc) is 2.52. The van der Waals surface area contributed by atoms with Crippen LogP contribution in [0.2, 0.25) is 0 Å². The predicted molar refractivity (Wildman–Crippen MR) is 60.4 cm³/mol. The molecular formula is C12H24N2. The van der Waals surface area contributed by atoms with E-state index in [1.54, 1.807) is 0 Å². The average molecular weight is 196 g/mol. The molecule has 0 aromatic heterocycles. The Balaban J connectivity index is 2.12. The Kier molecular flexibility index (Phi) is 2.39. The number of nitrogens with zero attached hydrogens (tertiary/aromatic N) is 1. The van der Waals surface area contributed by atoms with Crippen LogP contribution in [0.3, 0.4) is 0 Å². The maximum atomic E-state index is 3.56. The summed E-state index contributed by atoms with van der Waals surface area (Å²) in [4.78, 5) is 2.68. The molecule has 2 nitrogen and oxygen atoms in total. The van der Waals surface area contributed by atoms with Crippen molar-refractivity contribution in [3.05, 3.63) is 0 Å². The van der Waals surface area contributed by atoms with Crippen molar-refractivity contribution in [1.82, 2.24) is 10.2 Å². The highest BCUT2D eigenvalue weighted by Crippen LogP contribution is 2.48. The smallest absolute Gasteiger partial charge is 0.00647 e. The van der Waals surface area contributed by atoms with Gasteiger partial charge in [0.2, 0.25) is 0 Å². The molecule has 0 unspecified atom stereocenters. The summed E-state index contributed by atoms with van der Waals surface area (Å²) in [6.45, 7) is 14.5. The number of hydrogen-bond acceptors (Lipinski definition) is 2. The molecule has 2 aliphatic heterocycles. The van der Waals surface area contributed by atoms with Crippen LogP contribution in [0.4, 0.5) is 0 Å². The number of likely N-dealkylation sites (tertiary alicyclic amines) is 1. The van der Waals surface area contributed by atoms with Crippen LogP contribution in [0, 0.1) is 10.8 Å². The highest BCUT2D eigenvalue weighted by Gasteiger charge is 2.55. The summed E-state index contributed by atoms with van der Waals surface area (Å²) in [6.07, 6.45) is 1.28. The summed E-state index contributed by atoms with van der Waals surface area (Å²) in [5, 5.41) is 3.56. The Hall–Kier alpha value is -0.0800. The van der Waals surface area contributed by atoms with Gasteiger partial charge in [0, 0.05) is 43.1 Å². The zero-order valence-electron chi connectivity index (χ0n) is 10.1. The fraction of sp³-hybridized carbons (Fsp3) is 1.00. The molecule has 0 radical (unpaired) electrons. The maximum absolute atomic E-state index is 3.56. The Morgan fingerprint density at radius 3 is 2.14 bits per heavy atom. The minimum Gasteiger partial charge on any atom is -0.316 e. The van der Waals surface area contributed by atoms with Crippen LogP contribution < -0.4 is 5.32 Å². The molecule has 0 aliphatic carbocycles. The lowest BCUT2D eigenvalue weighted by Gasteiger charge is -2.31. The van der Waals surface area contributed by atoms with Gasteiger partial charge in [0.05, 0.1) is 0 Å². The van der Waals surface area contributed by atoms with E-state index in [9.17, 15) is 0 Å². The van der Waals surface area contributed by atoms with Crippen molar-refractivity contribution in [2.45, 2.75) is 40.2 Å². The van der Waals surface area contributed by atoms with Crippen molar-refractivity contribution in [2.24, 2.45) is 10.8 Å². The van der Waals surface area contributed by atoms with E-state index in [0.717, 1.165) is 6.04 Å². The SMILES string of the molecule is CC[C@H](C)N1C[C@]2(C)CNC[C@]2(C)C1. The molecule has 2 fully saturated rings. The van der Waals surface area contributed by atoms with Gasteiger partial charge in [-0.1, -0.05) is 20.8 Å². The van der Waals surface area contributed by atoms with Crippen LogP contribution in [-0.2, 0) is 0 Å². The summed E-state index contributed by atoms with van der Waals surface area (Å²) in [5.41, 5.74) is 1.02. The van der Waals surface area contributed by atoms with Crippen LogP contribution in [0.25, 0.3) is 0 Å². The van der Waals surface area contributed by atoms with E-state index in [0.29, 0.717) is 10.8 Å². The molecule has 82 valence electrons. The summed E-state index contributed by atoms with van der Waals surface area (Å²) < 4.78 is 0. The minimum absolute atomic E-state index is 0.510. The Bertz CT molecular complexity index is 210. The largest absolute Gasteiger partial charge is 0.316 e. The van der Waals surface area contributed by atoms with E-state index in [4.69, 9.17) is 0 Å². The first kappa shape index (κ1) is 10.4. The molecule has 0 spiro atoms.